The second-order valence-corrected chi connectivity index (χ2v) is 14.0. The van der Waals surface area contributed by atoms with Gasteiger partial charge in [-0.1, -0.05) is 52.0 Å². The standard InChI is InChI=1S/C35H58N2O8/c1-8-28(39)25(5)33-30(43-33)21-35(6,42)17-9-10-23(3)32-24(4)12-14-29(22(2)11-13-27(38)20-31(40)45-32)44-34(41)36-26-15-18-37(7)19-16-26/h9-10,12,14,17,22,24-30,32-33,38-39,42H,8,11,13,15-16,18-21H2,1-7H3,(H,36,41)/b14-12-,17-9+,23-10+. The van der Waals surface area contributed by atoms with Crippen LogP contribution in [0.5, 0.6) is 0 Å². The molecule has 45 heavy (non-hydrogen) atoms. The zero-order valence-electron chi connectivity index (χ0n) is 28.4. The van der Waals surface area contributed by atoms with Gasteiger partial charge in [-0.05, 0) is 83.7 Å². The first-order valence-corrected chi connectivity index (χ1v) is 16.8. The summed E-state index contributed by atoms with van der Waals surface area (Å²) in [6, 6.07) is 0.0844. The molecule has 10 atom stereocenters. The fraction of sp³-hybridized carbons (Fsp3) is 0.771. The van der Waals surface area contributed by atoms with E-state index in [-0.39, 0.29) is 42.4 Å². The van der Waals surface area contributed by atoms with Crippen LogP contribution >= 0.6 is 0 Å². The molecule has 10 unspecified atom stereocenters. The minimum Gasteiger partial charge on any atom is -0.457 e. The van der Waals surface area contributed by atoms with Gasteiger partial charge in [0.1, 0.15) is 12.2 Å². The summed E-state index contributed by atoms with van der Waals surface area (Å²) in [6.45, 7) is 13.3. The molecule has 0 aromatic heterocycles. The van der Waals surface area contributed by atoms with E-state index in [4.69, 9.17) is 14.2 Å². The van der Waals surface area contributed by atoms with Crippen LogP contribution in [0.3, 0.4) is 0 Å². The molecule has 10 heteroatoms. The topological polar surface area (TPSA) is 141 Å². The number of alkyl carbamates (subject to hydrolysis) is 1. The van der Waals surface area contributed by atoms with Crippen molar-refractivity contribution in [3.05, 3.63) is 36.0 Å². The first-order chi connectivity index (χ1) is 21.2. The maximum Gasteiger partial charge on any atom is 0.407 e. The smallest absolute Gasteiger partial charge is 0.407 e. The molecule has 4 N–H and O–H groups in total. The lowest BCUT2D eigenvalue weighted by atomic mass is 9.91. The maximum atomic E-state index is 12.9. The third-order valence-corrected chi connectivity index (χ3v) is 9.59. The zero-order valence-corrected chi connectivity index (χ0v) is 28.4. The number of piperidine rings is 1. The van der Waals surface area contributed by atoms with Crippen molar-refractivity contribution in [1.82, 2.24) is 10.2 Å². The number of carbonyl (C=O) groups is 2. The van der Waals surface area contributed by atoms with Crippen LogP contribution in [0.2, 0.25) is 0 Å². The lowest BCUT2D eigenvalue weighted by Crippen LogP contribution is -2.44. The third-order valence-electron chi connectivity index (χ3n) is 9.59. The number of allylic oxidation sites excluding steroid dienone is 2. The van der Waals surface area contributed by atoms with E-state index in [0.717, 1.165) is 31.5 Å². The molecular weight excluding hydrogens is 576 g/mol. The van der Waals surface area contributed by atoms with Crippen LogP contribution in [-0.2, 0) is 19.0 Å². The summed E-state index contributed by atoms with van der Waals surface area (Å²) >= 11 is 0. The Morgan fingerprint density at radius 2 is 1.91 bits per heavy atom. The van der Waals surface area contributed by atoms with Crippen molar-refractivity contribution in [3.8, 4) is 0 Å². The van der Waals surface area contributed by atoms with Gasteiger partial charge in [-0.2, -0.15) is 0 Å². The number of amides is 1. The van der Waals surface area contributed by atoms with Gasteiger partial charge in [0, 0.05) is 24.3 Å². The van der Waals surface area contributed by atoms with E-state index in [1.54, 1.807) is 19.1 Å². The Labute approximate surface area is 269 Å². The molecule has 1 amide bonds. The minimum atomic E-state index is -1.12. The van der Waals surface area contributed by atoms with Gasteiger partial charge < -0.3 is 39.7 Å². The molecule has 0 aliphatic carbocycles. The Hall–Kier alpha value is -2.24. The van der Waals surface area contributed by atoms with Gasteiger partial charge in [0.05, 0.1) is 36.4 Å². The molecule has 3 aliphatic rings. The van der Waals surface area contributed by atoms with Crippen LogP contribution in [0.4, 0.5) is 4.79 Å². The van der Waals surface area contributed by atoms with Gasteiger partial charge in [0.25, 0.3) is 0 Å². The molecule has 0 spiro atoms. The zero-order chi connectivity index (χ0) is 33.3. The van der Waals surface area contributed by atoms with Crippen molar-refractivity contribution in [2.45, 2.75) is 135 Å². The van der Waals surface area contributed by atoms with Crippen LogP contribution in [0.1, 0.15) is 86.5 Å². The number of nitrogens with zero attached hydrogens (tertiary/aromatic N) is 1. The normalized spacial score (nSPS) is 34.5. The number of epoxide rings is 1. The molecule has 256 valence electrons. The van der Waals surface area contributed by atoms with Gasteiger partial charge in [0.15, 0.2) is 0 Å². The van der Waals surface area contributed by atoms with Gasteiger partial charge in [-0.25, -0.2) is 4.79 Å². The monoisotopic (exact) mass is 634 g/mol. The largest absolute Gasteiger partial charge is 0.457 e. The number of nitrogens with one attached hydrogen (secondary N) is 1. The number of ether oxygens (including phenoxy) is 3. The quantitative estimate of drug-likeness (QED) is 0.120. The number of aliphatic hydroxyl groups excluding tert-OH is 2. The fourth-order valence-electron chi connectivity index (χ4n) is 6.28. The summed E-state index contributed by atoms with van der Waals surface area (Å²) in [5.74, 6) is -0.786. The van der Waals surface area contributed by atoms with Crippen LogP contribution in [0.25, 0.3) is 0 Å². The molecule has 3 rings (SSSR count). The molecule has 0 aromatic carbocycles. The number of cyclic esters (lactones) is 1. The molecule has 3 aliphatic heterocycles. The fourth-order valence-corrected chi connectivity index (χ4v) is 6.28. The summed E-state index contributed by atoms with van der Waals surface area (Å²) in [5, 5.41) is 34.7. The molecule has 0 aromatic rings. The Morgan fingerprint density at radius 1 is 1.22 bits per heavy atom. The molecule has 10 nitrogen and oxygen atoms in total. The van der Waals surface area contributed by atoms with Crippen molar-refractivity contribution in [2.75, 3.05) is 20.1 Å². The predicted octanol–water partition coefficient (Wildman–Crippen LogP) is 4.28. The summed E-state index contributed by atoms with van der Waals surface area (Å²) in [7, 11) is 2.07. The Bertz CT molecular complexity index is 1050. The Morgan fingerprint density at radius 3 is 2.58 bits per heavy atom. The molecule has 0 radical (unpaired) electrons. The highest BCUT2D eigenvalue weighted by Crippen LogP contribution is 2.37. The van der Waals surface area contributed by atoms with Crippen molar-refractivity contribution in [3.63, 3.8) is 0 Å². The van der Waals surface area contributed by atoms with E-state index in [9.17, 15) is 24.9 Å². The van der Waals surface area contributed by atoms with Crippen molar-refractivity contribution < 1.29 is 39.1 Å². The van der Waals surface area contributed by atoms with E-state index in [2.05, 4.69) is 17.3 Å². The minimum absolute atomic E-state index is 0.00677. The maximum absolute atomic E-state index is 12.9. The summed E-state index contributed by atoms with van der Waals surface area (Å²) < 4.78 is 17.5. The van der Waals surface area contributed by atoms with Gasteiger partial charge in [-0.3, -0.25) is 4.79 Å². The molecular formula is C35H58N2O8. The van der Waals surface area contributed by atoms with Crippen LogP contribution < -0.4 is 5.32 Å². The number of esters is 1. The van der Waals surface area contributed by atoms with E-state index >= 15 is 0 Å². The van der Waals surface area contributed by atoms with Gasteiger partial charge >= 0.3 is 12.1 Å². The summed E-state index contributed by atoms with van der Waals surface area (Å²) in [6.07, 6.45) is 9.71. The average Bonchev–Trinajstić information content (AvgIpc) is 3.74. The van der Waals surface area contributed by atoms with Gasteiger partial charge in [0.2, 0.25) is 0 Å². The lowest BCUT2D eigenvalue weighted by Gasteiger charge is -2.30. The van der Waals surface area contributed by atoms with Crippen molar-refractivity contribution in [2.24, 2.45) is 17.8 Å². The number of hydrogen-bond acceptors (Lipinski definition) is 9. The number of likely N-dealkylation sites (tertiary alicyclic amines) is 1. The molecule has 2 saturated heterocycles. The highest BCUT2D eigenvalue weighted by atomic mass is 16.6. The summed E-state index contributed by atoms with van der Waals surface area (Å²) in [4.78, 5) is 27.9. The molecule has 2 fully saturated rings. The van der Waals surface area contributed by atoms with Crippen LogP contribution in [0.15, 0.2) is 36.0 Å². The van der Waals surface area contributed by atoms with Crippen LogP contribution in [0, 0.1) is 17.8 Å². The highest BCUT2D eigenvalue weighted by molar-refractivity contribution is 5.70. The Balaban J connectivity index is 1.68. The summed E-state index contributed by atoms with van der Waals surface area (Å²) in [5.41, 5.74) is -0.356. The number of carbonyl (C=O) groups excluding carboxylic acids is 2. The van der Waals surface area contributed by atoms with E-state index in [1.807, 2.05) is 52.8 Å². The lowest BCUT2D eigenvalue weighted by molar-refractivity contribution is -0.151. The van der Waals surface area contributed by atoms with Gasteiger partial charge in [-0.15, -0.1) is 0 Å². The molecule has 0 saturated carbocycles. The van der Waals surface area contributed by atoms with Crippen molar-refractivity contribution in [1.29, 1.82) is 0 Å². The highest BCUT2D eigenvalue weighted by Gasteiger charge is 2.47. The van der Waals surface area contributed by atoms with E-state index in [1.165, 1.54) is 0 Å². The van der Waals surface area contributed by atoms with E-state index < -0.39 is 42.1 Å². The van der Waals surface area contributed by atoms with Crippen molar-refractivity contribution >= 4 is 12.1 Å². The van der Waals surface area contributed by atoms with Crippen LogP contribution in [-0.4, -0.2) is 101 Å². The number of aliphatic hydroxyl groups is 3. The first kappa shape index (κ1) is 37.2. The van der Waals surface area contributed by atoms with E-state index in [0.29, 0.717) is 25.7 Å². The Kier molecular flexibility index (Phi) is 14.1. The third kappa shape index (κ3) is 12.1. The average molecular weight is 635 g/mol. The number of rotatable bonds is 10. The second kappa shape index (κ2) is 17.1. The number of hydrogen-bond donors (Lipinski definition) is 4. The molecule has 0 bridgehead atoms. The molecule has 3 heterocycles. The first-order valence-electron chi connectivity index (χ1n) is 16.8. The second-order valence-electron chi connectivity index (χ2n) is 14.0. The predicted molar refractivity (Wildman–Crippen MR) is 173 cm³/mol. The SMILES string of the molecule is CCC(O)C(C)C1OC1CC(C)(O)/C=C/C=C(\C)C1OC(=O)CC(O)CCC(C)C(OC(=O)NC2CCN(C)CC2)/C=C\C1C.